The summed E-state index contributed by atoms with van der Waals surface area (Å²) >= 11 is 0. The Labute approximate surface area is 133 Å². The molecular formula is C15H9N5O4. The average molecular weight is 323 g/mol. The van der Waals surface area contributed by atoms with Crippen molar-refractivity contribution in [1.82, 2.24) is 4.98 Å². The lowest BCUT2D eigenvalue weighted by molar-refractivity contribution is -0.384. The molecule has 0 radical (unpaired) electrons. The fraction of sp³-hybridized carbons (Fsp3) is 0. The fourth-order valence-electron chi connectivity index (χ4n) is 2.57. The molecule has 9 heteroatoms. The van der Waals surface area contributed by atoms with Crippen LogP contribution in [0.1, 0.15) is 0 Å². The smallest absolute Gasteiger partial charge is 0.368 e. The third-order valence-corrected chi connectivity index (χ3v) is 3.65. The standard InChI is InChI=1S/C15H9N5O4/c21-14-13(9-6-8(20(23)24)2-4-10(9)17-14)16-7-1-3-11-12(5-7)19-15(22)18-11/h1-6,16-17,21H. The Morgan fingerprint density at radius 3 is 2.71 bits per heavy atom. The molecule has 0 fully saturated rings. The zero-order chi connectivity index (χ0) is 16.8. The van der Waals surface area contributed by atoms with Gasteiger partial charge in [0, 0.05) is 23.2 Å². The Morgan fingerprint density at radius 1 is 1.12 bits per heavy atom. The number of non-ortho nitro benzene ring substituents is 1. The maximum absolute atomic E-state index is 11.2. The average Bonchev–Trinajstić information content (AvgIpc) is 3.06. The molecule has 0 spiro atoms. The van der Waals surface area contributed by atoms with Crippen LogP contribution in [-0.4, -0.2) is 21.0 Å². The number of urea groups is 1. The Bertz CT molecular complexity index is 1150. The normalized spacial score (nSPS) is 12.6. The van der Waals surface area contributed by atoms with Gasteiger partial charge in [-0.25, -0.2) is 4.79 Å². The van der Waals surface area contributed by atoms with Gasteiger partial charge in [0.25, 0.3) is 5.69 Å². The molecule has 1 aliphatic rings. The number of rotatable bonds is 3. The number of aromatic nitrogens is 1. The minimum absolute atomic E-state index is 0.0853. The molecule has 1 aromatic heterocycles. The van der Waals surface area contributed by atoms with Crippen LogP contribution in [0.15, 0.2) is 46.4 Å². The fourth-order valence-corrected chi connectivity index (χ4v) is 2.57. The van der Waals surface area contributed by atoms with Crippen LogP contribution in [0.4, 0.5) is 21.9 Å². The number of hydrogen-bond donors (Lipinski definition) is 3. The molecule has 0 aliphatic carbocycles. The number of amides is 2. The quantitative estimate of drug-likeness (QED) is 0.500. The van der Waals surface area contributed by atoms with Crippen LogP contribution in [0.5, 0.6) is 5.88 Å². The minimum atomic E-state index is -0.562. The van der Waals surface area contributed by atoms with Crippen molar-refractivity contribution < 1.29 is 14.8 Å². The summed E-state index contributed by atoms with van der Waals surface area (Å²) in [6.07, 6.45) is 0. The van der Waals surface area contributed by atoms with E-state index < -0.39 is 11.0 Å². The van der Waals surface area contributed by atoms with Gasteiger partial charge in [-0.3, -0.25) is 10.1 Å². The molecule has 2 aromatic carbocycles. The van der Waals surface area contributed by atoms with Crippen LogP contribution < -0.4 is 16.0 Å². The Balaban J connectivity index is 1.82. The number of nitrogens with one attached hydrogen (secondary N) is 2. The van der Waals surface area contributed by atoms with Crippen LogP contribution in [0, 0.1) is 10.1 Å². The van der Waals surface area contributed by atoms with Crippen LogP contribution in [0.3, 0.4) is 0 Å². The first-order chi connectivity index (χ1) is 11.5. The number of nitro benzene ring substituents is 1. The summed E-state index contributed by atoms with van der Waals surface area (Å²) in [4.78, 5) is 31.9. The molecule has 3 aromatic rings. The lowest BCUT2D eigenvalue weighted by Gasteiger charge is -2.05. The van der Waals surface area contributed by atoms with Crippen molar-refractivity contribution in [3.63, 3.8) is 0 Å². The van der Waals surface area contributed by atoms with E-state index in [0.29, 0.717) is 33.0 Å². The molecule has 0 atom stereocenters. The van der Waals surface area contributed by atoms with Crippen molar-refractivity contribution in [1.29, 1.82) is 0 Å². The molecule has 4 rings (SSSR count). The number of benzene rings is 2. The van der Waals surface area contributed by atoms with Crippen molar-refractivity contribution in [2.45, 2.75) is 0 Å². The molecule has 24 heavy (non-hydrogen) atoms. The number of nitrogens with zero attached hydrogens (tertiary/aromatic N) is 3. The minimum Gasteiger partial charge on any atom is -0.493 e. The highest BCUT2D eigenvalue weighted by Gasteiger charge is 2.15. The second-order valence-corrected chi connectivity index (χ2v) is 5.17. The summed E-state index contributed by atoms with van der Waals surface area (Å²) in [7, 11) is 0. The monoisotopic (exact) mass is 323 g/mol. The van der Waals surface area contributed by atoms with Gasteiger partial charge in [0.05, 0.1) is 21.2 Å². The number of anilines is 2. The topological polar surface area (TPSA) is 133 Å². The summed E-state index contributed by atoms with van der Waals surface area (Å²) in [5.41, 5.74) is 1.33. The number of carbonyl (C=O) groups excluding carboxylic acids is 1. The largest absolute Gasteiger partial charge is 0.493 e. The summed E-state index contributed by atoms with van der Waals surface area (Å²) in [6, 6.07) is 8.58. The van der Waals surface area contributed by atoms with Gasteiger partial charge >= 0.3 is 6.03 Å². The molecule has 118 valence electrons. The molecule has 0 unspecified atom stereocenters. The highest BCUT2D eigenvalue weighted by molar-refractivity contribution is 5.98. The van der Waals surface area contributed by atoms with Gasteiger partial charge in [-0.2, -0.15) is 9.98 Å². The second-order valence-electron chi connectivity index (χ2n) is 5.17. The first kappa shape index (κ1) is 13.9. The summed E-state index contributed by atoms with van der Waals surface area (Å²) in [5, 5.41) is 25.4. The van der Waals surface area contributed by atoms with Gasteiger partial charge in [0.1, 0.15) is 5.69 Å². The predicted octanol–water partition coefficient (Wildman–Crippen LogP) is 1.90. The third-order valence-electron chi connectivity index (χ3n) is 3.65. The second kappa shape index (κ2) is 4.88. The summed E-state index contributed by atoms with van der Waals surface area (Å²) in [6.45, 7) is 0. The summed E-state index contributed by atoms with van der Waals surface area (Å²) < 4.78 is 0. The van der Waals surface area contributed by atoms with E-state index in [1.165, 1.54) is 18.2 Å². The van der Waals surface area contributed by atoms with E-state index in [-0.39, 0.29) is 11.6 Å². The van der Waals surface area contributed by atoms with Gasteiger partial charge < -0.3 is 15.4 Å². The Hall–Kier alpha value is -3.75. The zero-order valence-corrected chi connectivity index (χ0v) is 12.0. The Kier molecular flexibility index (Phi) is 2.82. The predicted molar refractivity (Wildman–Crippen MR) is 84.1 cm³/mol. The number of fused-ring (bicyclic) bond motifs is 2. The highest BCUT2D eigenvalue weighted by atomic mass is 16.6. The van der Waals surface area contributed by atoms with Crippen LogP contribution >= 0.6 is 0 Å². The van der Waals surface area contributed by atoms with Crippen LogP contribution in [0.2, 0.25) is 0 Å². The summed E-state index contributed by atoms with van der Waals surface area (Å²) in [5.74, 6) is -0.149. The lowest BCUT2D eigenvalue weighted by atomic mass is 10.2. The number of H-pyrrole nitrogens is 1. The van der Waals surface area contributed by atoms with Crippen LogP contribution in [0.25, 0.3) is 10.9 Å². The van der Waals surface area contributed by atoms with E-state index in [9.17, 15) is 20.0 Å². The number of aromatic amines is 1. The van der Waals surface area contributed by atoms with Crippen LogP contribution in [-0.2, 0) is 0 Å². The first-order valence-electron chi connectivity index (χ1n) is 6.89. The number of hydrogen-bond acceptors (Lipinski definition) is 5. The molecule has 3 N–H and O–H groups in total. The molecule has 2 heterocycles. The molecule has 2 amide bonds. The molecular weight excluding hydrogens is 314 g/mol. The van der Waals surface area contributed by atoms with E-state index >= 15 is 0 Å². The highest BCUT2D eigenvalue weighted by Crippen LogP contribution is 2.36. The molecule has 9 nitrogen and oxygen atoms in total. The van der Waals surface area contributed by atoms with E-state index in [0.717, 1.165) is 0 Å². The van der Waals surface area contributed by atoms with Gasteiger partial charge in [-0.15, -0.1) is 0 Å². The van der Waals surface area contributed by atoms with Crippen molar-refractivity contribution in [3.8, 4) is 5.88 Å². The van der Waals surface area contributed by atoms with E-state index in [2.05, 4.69) is 20.3 Å². The molecule has 1 aliphatic heterocycles. The van der Waals surface area contributed by atoms with Gasteiger partial charge in [0.2, 0.25) is 5.88 Å². The third kappa shape index (κ3) is 2.15. The molecule has 0 saturated heterocycles. The number of carbonyl (C=O) groups is 1. The van der Waals surface area contributed by atoms with Crippen molar-refractivity contribution in [2.75, 3.05) is 5.32 Å². The van der Waals surface area contributed by atoms with Gasteiger partial charge in [0.15, 0.2) is 0 Å². The SMILES string of the molecule is O=C1N=c2ccc(Nc3c(O)[nH]c4ccc([N+](=O)[O-])cc34)cc2=N1. The lowest BCUT2D eigenvalue weighted by Crippen LogP contribution is -2.21. The van der Waals surface area contributed by atoms with E-state index in [1.807, 2.05) is 0 Å². The Morgan fingerprint density at radius 2 is 1.92 bits per heavy atom. The van der Waals surface area contributed by atoms with Crippen molar-refractivity contribution in [2.24, 2.45) is 9.98 Å². The van der Waals surface area contributed by atoms with Gasteiger partial charge in [-0.05, 0) is 24.3 Å². The van der Waals surface area contributed by atoms with Crippen molar-refractivity contribution in [3.05, 3.63) is 57.2 Å². The van der Waals surface area contributed by atoms with Gasteiger partial charge in [-0.1, -0.05) is 0 Å². The maximum atomic E-state index is 11.2. The number of aromatic hydroxyl groups is 1. The first-order valence-corrected chi connectivity index (χ1v) is 6.89. The van der Waals surface area contributed by atoms with Crippen molar-refractivity contribution >= 4 is 34.0 Å². The van der Waals surface area contributed by atoms with E-state index in [1.54, 1.807) is 18.2 Å². The zero-order valence-electron chi connectivity index (χ0n) is 12.0. The maximum Gasteiger partial charge on any atom is 0.368 e. The van der Waals surface area contributed by atoms with E-state index in [4.69, 9.17) is 0 Å². The molecule has 0 bridgehead atoms. The molecule has 0 saturated carbocycles. The number of nitro groups is 1.